The number of para-hydroxylation sites is 1. The predicted molar refractivity (Wildman–Crippen MR) is 70.4 cm³/mol. The highest BCUT2D eigenvalue weighted by atomic mass is 79.9. The van der Waals surface area contributed by atoms with E-state index in [-0.39, 0.29) is 18.0 Å². The molecule has 0 aliphatic rings. The zero-order valence-corrected chi connectivity index (χ0v) is 11.0. The van der Waals surface area contributed by atoms with E-state index >= 15 is 0 Å². The van der Waals surface area contributed by atoms with Crippen LogP contribution in [0.4, 0.5) is 4.39 Å². The van der Waals surface area contributed by atoms with E-state index in [1.807, 2.05) is 6.07 Å². The Labute approximate surface area is 113 Å². The van der Waals surface area contributed by atoms with Crippen LogP contribution in [-0.2, 0) is 0 Å². The number of halogens is 2. The summed E-state index contributed by atoms with van der Waals surface area (Å²) in [5, 5.41) is 0. The summed E-state index contributed by atoms with van der Waals surface area (Å²) in [6, 6.07) is 13.3. The summed E-state index contributed by atoms with van der Waals surface area (Å²) in [6.07, 6.45) is 0. The van der Waals surface area contributed by atoms with E-state index in [4.69, 9.17) is 4.74 Å². The van der Waals surface area contributed by atoms with E-state index in [1.165, 1.54) is 12.1 Å². The lowest BCUT2D eigenvalue weighted by atomic mass is 10.1. The average Bonchev–Trinajstić information content (AvgIpc) is 2.37. The molecular formula is C14H10BrFO2. The number of carbonyl (C=O) groups is 1. The van der Waals surface area contributed by atoms with E-state index in [0.717, 1.165) is 0 Å². The lowest BCUT2D eigenvalue weighted by Crippen LogP contribution is -2.13. The van der Waals surface area contributed by atoms with Crippen molar-refractivity contribution >= 4 is 21.7 Å². The van der Waals surface area contributed by atoms with Crippen molar-refractivity contribution in [1.82, 2.24) is 0 Å². The van der Waals surface area contributed by atoms with Crippen LogP contribution in [0.3, 0.4) is 0 Å². The molecule has 0 spiro atoms. The average molecular weight is 309 g/mol. The van der Waals surface area contributed by atoms with Crippen LogP contribution in [0.25, 0.3) is 0 Å². The minimum absolute atomic E-state index is 0.0362. The normalized spacial score (nSPS) is 10.1. The Morgan fingerprint density at radius 2 is 1.89 bits per heavy atom. The zero-order valence-electron chi connectivity index (χ0n) is 9.40. The first kappa shape index (κ1) is 12.8. The van der Waals surface area contributed by atoms with Crippen LogP contribution >= 0.6 is 15.9 Å². The number of benzene rings is 2. The molecule has 0 N–H and O–H groups in total. The summed E-state index contributed by atoms with van der Waals surface area (Å²) in [6.45, 7) is -0.178. The highest BCUT2D eigenvalue weighted by Crippen LogP contribution is 2.16. The van der Waals surface area contributed by atoms with Gasteiger partial charge in [-0.2, -0.15) is 0 Å². The molecule has 0 amide bonds. The largest absolute Gasteiger partial charge is 0.485 e. The van der Waals surface area contributed by atoms with Crippen LogP contribution in [0.15, 0.2) is 53.0 Å². The van der Waals surface area contributed by atoms with Gasteiger partial charge in [-0.25, -0.2) is 4.39 Å². The molecule has 0 saturated carbocycles. The summed E-state index contributed by atoms with van der Waals surface area (Å²) >= 11 is 3.14. The Hall–Kier alpha value is -1.68. The van der Waals surface area contributed by atoms with Gasteiger partial charge in [-0.3, -0.25) is 4.79 Å². The van der Waals surface area contributed by atoms with E-state index in [9.17, 15) is 9.18 Å². The predicted octanol–water partition coefficient (Wildman–Crippen LogP) is 3.85. The van der Waals surface area contributed by atoms with Gasteiger partial charge in [-0.05, 0) is 30.3 Å². The molecular weight excluding hydrogens is 299 g/mol. The Bertz CT molecular complexity index is 555. The quantitative estimate of drug-likeness (QED) is 0.802. The monoisotopic (exact) mass is 308 g/mol. The van der Waals surface area contributed by atoms with Crippen LogP contribution in [-0.4, -0.2) is 12.4 Å². The third-order valence-corrected chi connectivity index (χ3v) is 2.84. The van der Waals surface area contributed by atoms with E-state index in [1.54, 1.807) is 30.3 Å². The van der Waals surface area contributed by atoms with Crippen molar-refractivity contribution in [2.45, 2.75) is 0 Å². The van der Waals surface area contributed by atoms with Gasteiger partial charge in [0.2, 0.25) is 5.78 Å². The van der Waals surface area contributed by atoms with Gasteiger partial charge in [0.1, 0.15) is 11.6 Å². The molecule has 2 nitrogen and oxygen atoms in total. The van der Waals surface area contributed by atoms with Gasteiger partial charge in [-0.1, -0.05) is 34.1 Å². The van der Waals surface area contributed by atoms with Crippen LogP contribution in [0.5, 0.6) is 5.75 Å². The molecule has 0 radical (unpaired) electrons. The summed E-state index contributed by atoms with van der Waals surface area (Å²) in [5.74, 6) is -0.349. The van der Waals surface area contributed by atoms with Crippen molar-refractivity contribution < 1.29 is 13.9 Å². The molecule has 18 heavy (non-hydrogen) atoms. The summed E-state index contributed by atoms with van der Waals surface area (Å²) in [4.78, 5) is 11.8. The molecule has 0 saturated heterocycles. The van der Waals surface area contributed by atoms with E-state index in [2.05, 4.69) is 15.9 Å². The number of Topliss-reactive ketones (excluding diaryl/α,β-unsaturated/α-hetero) is 1. The third kappa shape index (κ3) is 3.17. The van der Waals surface area contributed by atoms with Crippen LogP contribution in [0, 0.1) is 5.82 Å². The molecule has 0 aromatic heterocycles. The van der Waals surface area contributed by atoms with Gasteiger partial charge in [-0.15, -0.1) is 0 Å². The molecule has 92 valence electrons. The molecule has 0 aliphatic heterocycles. The second kappa shape index (κ2) is 5.78. The van der Waals surface area contributed by atoms with Crippen molar-refractivity contribution in [3.05, 3.63) is 64.4 Å². The first-order chi connectivity index (χ1) is 8.66. The van der Waals surface area contributed by atoms with Crippen LogP contribution in [0.2, 0.25) is 0 Å². The van der Waals surface area contributed by atoms with Gasteiger partial charge >= 0.3 is 0 Å². The molecule has 0 fully saturated rings. The second-order valence-electron chi connectivity index (χ2n) is 3.65. The zero-order chi connectivity index (χ0) is 13.0. The van der Waals surface area contributed by atoms with Crippen molar-refractivity contribution in [2.24, 2.45) is 0 Å². The minimum Gasteiger partial charge on any atom is -0.485 e. The van der Waals surface area contributed by atoms with Gasteiger partial charge in [0.25, 0.3) is 0 Å². The topological polar surface area (TPSA) is 26.3 Å². The first-order valence-electron chi connectivity index (χ1n) is 5.33. The number of ketones is 1. The Kier molecular flexibility index (Phi) is 4.10. The summed E-state index contributed by atoms with van der Waals surface area (Å²) in [5.41, 5.74) is 0.0362. The van der Waals surface area contributed by atoms with E-state index < -0.39 is 5.82 Å². The molecule has 0 unspecified atom stereocenters. The fraction of sp³-hybridized carbons (Fsp3) is 0.0714. The van der Waals surface area contributed by atoms with Gasteiger partial charge in [0.05, 0.1) is 5.56 Å². The lowest BCUT2D eigenvalue weighted by molar-refractivity contribution is 0.0917. The number of rotatable bonds is 4. The molecule has 0 bridgehead atoms. The molecule has 2 aromatic rings. The number of hydrogen-bond acceptors (Lipinski definition) is 2. The fourth-order valence-electron chi connectivity index (χ4n) is 1.46. The van der Waals surface area contributed by atoms with Crippen LogP contribution < -0.4 is 4.74 Å². The highest BCUT2D eigenvalue weighted by Gasteiger charge is 2.12. The molecule has 4 heteroatoms. The van der Waals surface area contributed by atoms with Crippen molar-refractivity contribution in [2.75, 3.05) is 6.61 Å². The van der Waals surface area contributed by atoms with Crippen molar-refractivity contribution in [3.63, 3.8) is 0 Å². The fourth-order valence-corrected chi connectivity index (χ4v) is 1.79. The molecule has 0 heterocycles. The summed E-state index contributed by atoms with van der Waals surface area (Å²) < 4.78 is 19.4. The van der Waals surface area contributed by atoms with E-state index in [0.29, 0.717) is 10.2 Å². The third-order valence-electron chi connectivity index (χ3n) is 2.34. The van der Waals surface area contributed by atoms with Crippen molar-refractivity contribution in [1.29, 1.82) is 0 Å². The number of carbonyl (C=O) groups excluding carboxylic acids is 1. The van der Waals surface area contributed by atoms with Gasteiger partial charge < -0.3 is 4.74 Å². The smallest absolute Gasteiger partial charge is 0.203 e. The maximum atomic E-state index is 13.5. The molecule has 0 atom stereocenters. The standard InChI is InChI=1S/C14H10BrFO2/c15-10-6-7-12(13(16)8-10)14(17)9-18-11-4-2-1-3-5-11/h1-8H,9H2. The number of hydrogen-bond donors (Lipinski definition) is 0. The Morgan fingerprint density at radius 3 is 2.56 bits per heavy atom. The van der Waals surface area contributed by atoms with Crippen molar-refractivity contribution in [3.8, 4) is 5.75 Å². The SMILES string of the molecule is O=C(COc1ccccc1)c1ccc(Br)cc1F. The van der Waals surface area contributed by atoms with Crippen LogP contribution in [0.1, 0.15) is 10.4 Å². The Morgan fingerprint density at radius 1 is 1.17 bits per heavy atom. The van der Waals surface area contributed by atoms with Gasteiger partial charge in [0.15, 0.2) is 6.61 Å². The number of ether oxygens (including phenoxy) is 1. The van der Waals surface area contributed by atoms with Gasteiger partial charge in [0, 0.05) is 4.47 Å². The Balaban J connectivity index is 2.04. The minimum atomic E-state index is -0.550. The second-order valence-corrected chi connectivity index (χ2v) is 4.56. The molecule has 2 rings (SSSR count). The highest BCUT2D eigenvalue weighted by molar-refractivity contribution is 9.10. The summed E-state index contributed by atoms with van der Waals surface area (Å²) in [7, 11) is 0. The first-order valence-corrected chi connectivity index (χ1v) is 6.12. The lowest BCUT2D eigenvalue weighted by Gasteiger charge is -2.06. The maximum Gasteiger partial charge on any atom is 0.203 e. The maximum absolute atomic E-state index is 13.5. The molecule has 0 aliphatic carbocycles. The molecule has 2 aromatic carbocycles.